The average molecular weight is 387 g/mol. The zero-order valence-corrected chi connectivity index (χ0v) is 18.2. The number of benzene rings is 1. The van der Waals surface area contributed by atoms with Crippen LogP contribution in [0, 0.1) is 0 Å². The van der Waals surface area contributed by atoms with Crippen molar-refractivity contribution in [1.29, 1.82) is 0 Å². The molecule has 0 amide bonds. The van der Waals surface area contributed by atoms with E-state index in [-0.39, 0.29) is 49.7 Å². The predicted octanol–water partition coefficient (Wildman–Crippen LogP) is 2.35. The summed E-state index contributed by atoms with van der Waals surface area (Å²) in [4.78, 5) is 23.2. The molecule has 140 valence electrons. The van der Waals surface area contributed by atoms with Gasteiger partial charge in [0.25, 0.3) is 0 Å². The minimum atomic E-state index is -2.05. The second kappa shape index (κ2) is 14.5. The van der Waals surface area contributed by atoms with Gasteiger partial charge in [-0.05, 0) is 12.0 Å². The molecule has 0 unspecified atom stereocenters. The smallest absolute Gasteiger partial charge is 0.549 e. The van der Waals surface area contributed by atoms with Crippen LogP contribution in [0.1, 0.15) is 83.1 Å². The van der Waals surface area contributed by atoms with Gasteiger partial charge < -0.3 is 19.8 Å². The molecule has 1 aromatic carbocycles. The third-order valence-corrected chi connectivity index (χ3v) is 4.87. The first-order chi connectivity index (χ1) is 12.1. The number of carbonyl (C=O) groups excluding carboxylic acids is 2. The van der Waals surface area contributed by atoms with Crippen molar-refractivity contribution in [3.8, 4) is 0 Å². The third kappa shape index (κ3) is 7.98. The van der Waals surface area contributed by atoms with Crippen molar-refractivity contribution in [2.24, 2.45) is 0 Å². The monoisotopic (exact) mass is 386 g/mol. The molecule has 1 rings (SSSR count). The molecule has 0 radical (unpaired) electrons. The Morgan fingerprint density at radius 1 is 0.769 bits per heavy atom. The Bertz CT molecular complexity index is 502. The first-order valence-electron chi connectivity index (χ1n) is 9.54. The van der Waals surface area contributed by atoms with Crippen molar-refractivity contribution in [2.75, 3.05) is 0 Å². The summed E-state index contributed by atoms with van der Waals surface area (Å²) < 4.78 is 0. The zero-order chi connectivity index (χ0) is 18.5. The molecule has 0 fully saturated rings. The van der Waals surface area contributed by atoms with Gasteiger partial charge in [0, 0.05) is 0 Å². The molecule has 26 heavy (non-hydrogen) atoms. The molecule has 0 bridgehead atoms. The number of hydrogen-bond acceptors (Lipinski definition) is 4. The number of hydrogen-bond donors (Lipinski definition) is 0. The van der Waals surface area contributed by atoms with Crippen LogP contribution < -0.4 is 10.2 Å². The largest absolute Gasteiger partial charge is 2.00 e. The second-order valence-electron chi connectivity index (χ2n) is 6.78. The first kappa shape index (κ1) is 25.4. The van der Waals surface area contributed by atoms with Crippen LogP contribution in [0.25, 0.3) is 0 Å². The van der Waals surface area contributed by atoms with Gasteiger partial charge in [-0.15, -0.1) is 0 Å². The van der Waals surface area contributed by atoms with Crippen LogP contribution >= 0.6 is 0 Å². The van der Waals surface area contributed by atoms with E-state index in [0.29, 0.717) is 6.42 Å². The van der Waals surface area contributed by atoms with E-state index in [1.54, 1.807) is 18.2 Å². The van der Waals surface area contributed by atoms with Crippen molar-refractivity contribution < 1.29 is 19.8 Å². The van der Waals surface area contributed by atoms with Gasteiger partial charge in [-0.2, -0.15) is 0 Å². The van der Waals surface area contributed by atoms with Crippen LogP contribution in [0.3, 0.4) is 0 Å². The molecule has 4 nitrogen and oxygen atoms in total. The van der Waals surface area contributed by atoms with Crippen LogP contribution in [0.15, 0.2) is 30.3 Å². The van der Waals surface area contributed by atoms with Crippen molar-refractivity contribution in [3.63, 3.8) is 0 Å². The van der Waals surface area contributed by atoms with Crippen molar-refractivity contribution in [3.05, 3.63) is 35.9 Å². The zero-order valence-electron chi connectivity index (χ0n) is 16.0. The summed E-state index contributed by atoms with van der Waals surface area (Å²) in [5, 5.41) is 23.2. The third-order valence-electron chi connectivity index (χ3n) is 4.87. The fourth-order valence-corrected chi connectivity index (χ4v) is 3.27. The molecule has 0 atom stereocenters. The number of aliphatic carboxylic acids is 2. The van der Waals surface area contributed by atoms with Crippen molar-refractivity contribution >= 4 is 49.7 Å². The van der Waals surface area contributed by atoms with Gasteiger partial charge >= 0.3 is 37.7 Å². The Morgan fingerprint density at radius 3 is 1.62 bits per heavy atom. The van der Waals surface area contributed by atoms with Gasteiger partial charge in [-0.1, -0.05) is 101 Å². The second-order valence-corrected chi connectivity index (χ2v) is 6.78. The molecule has 0 aromatic heterocycles. The minimum absolute atomic E-state index is 0. The van der Waals surface area contributed by atoms with E-state index in [0.717, 1.165) is 19.3 Å². The number of carboxylic acids is 2. The van der Waals surface area contributed by atoms with Crippen LogP contribution in [0.2, 0.25) is 0 Å². The molecule has 0 heterocycles. The average Bonchev–Trinajstić information content (AvgIpc) is 2.60. The number of rotatable bonds is 14. The van der Waals surface area contributed by atoms with Crippen molar-refractivity contribution in [1.82, 2.24) is 0 Å². The van der Waals surface area contributed by atoms with Gasteiger partial charge in [0.2, 0.25) is 0 Å². The first-order valence-corrected chi connectivity index (χ1v) is 9.54. The summed E-state index contributed by atoms with van der Waals surface area (Å²) in [5.41, 5.74) is -1.83. The van der Waals surface area contributed by atoms with E-state index in [1.807, 2.05) is 0 Å². The quantitative estimate of drug-likeness (QED) is 0.279. The van der Waals surface area contributed by atoms with E-state index >= 15 is 0 Å². The molecule has 0 saturated carbocycles. The molecule has 0 aliphatic heterocycles. The minimum Gasteiger partial charge on any atom is -0.549 e. The summed E-state index contributed by atoms with van der Waals surface area (Å²) in [6.45, 7) is 2.20. The van der Waals surface area contributed by atoms with E-state index in [1.165, 1.54) is 50.7 Å². The maximum absolute atomic E-state index is 11.6. The summed E-state index contributed by atoms with van der Waals surface area (Å²) in [5.74, 6) is -3.18. The van der Waals surface area contributed by atoms with E-state index < -0.39 is 17.4 Å². The SMILES string of the molecule is CCCCCCCCCCCCC(C(=O)[O-])(C(=O)[O-])c1ccccc1.[Ca+2]. The van der Waals surface area contributed by atoms with E-state index in [9.17, 15) is 19.8 Å². The van der Waals surface area contributed by atoms with Gasteiger partial charge in [-0.25, -0.2) is 0 Å². The Labute approximate surface area is 187 Å². The molecule has 0 aliphatic rings. The van der Waals surface area contributed by atoms with Crippen LogP contribution in [0.5, 0.6) is 0 Å². The predicted molar refractivity (Wildman–Crippen MR) is 100 cm³/mol. The molecule has 0 N–H and O–H groups in total. The molecule has 0 spiro atoms. The molecule has 1 aromatic rings. The maximum atomic E-state index is 11.6. The molecule has 0 saturated heterocycles. The summed E-state index contributed by atoms with van der Waals surface area (Å²) in [6.07, 6.45) is 11.0. The summed E-state index contributed by atoms with van der Waals surface area (Å²) in [7, 11) is 0. The van der Waals surface area contributed by atoms with Gasteiger partial charge in [0.05, 0.1) is 17.4 Å². The fourth-order valence-electron chi connectivity index (χ4n) is 3.27. The molecular formula is C21H30CaO4. The number of carboxylic acid groups (broad SMARTS) is 2. The van der Waals surface area contributed by atoms with E-state index in [4.69, 9.17) is 0 Å². The topological polar surface area (TPSA) is 80.3 Å². The summed E-state index contributed by atoms with van der Waals surface area (Å²) in [6, 6.07) is 8.02. The van der Waals surface area contributed by atoms with E-state index in [2.05, 4.69) is 6.92 Å². The Morgan fingerprint density at radius 2 is 1.19 bits per heavy atom. The Kier molecular flexibility index (Phi) is 14.2. The maximum Gasteiger partial charge on any atom is 2.00 e. The van der Waals surface area contributed by atoms with Gasteiger partial charge in [-0.3, -0.25) is 0 Å². The van der Waals surface area contributed by atoms with Gasteiger partial charge in [0.15, 0.2) is 0 Å². The Balaban J connectivity index is 0.00000625. The Hall–Kier alpha value is -0.580. The molecule has 0 aliphatic carbocycles. The van der Waals surface area contributed by atoms with Gasteiger partial charge in [0.1, 0.15) is 0 Å². The van der Waals surface area contributed by atoms with Crippen LogP contribution in [0.4, 0.5) is 0 Å². The normalized spacial score (nSPS) is 11.0. The standard InChI is InChI=1S/C21H32O4.Ca/c1-2-3-4-5-6-7-8-9-10-14-17-21(19(22)23,20(24)25)18-15-12-11-13-16-18;/h11-13,15-16H,2-10,14,17H2,1H3,(H,22,23)(H,24,25);/q;+2/p-2. The number of unbranched alkanes of at least 4 members (excludes halogenated alkanes) is 9. The van der Waals surface area contributed by atoms with Crippen molar-refractivity contribution in [2.45, 2.75) is 83.0 Å². The molecule has 5 heteroatoms. The fraction of sp³-hybridized carbons (Fsp3) is 0.619. The van der Waals surface area contributed by atoms with Crippen LogP contribution in [-0.4, -0.2) is 49.7 Å². The summed E-state index contributed by atoms with van der Waals surface area (Å²) >= 11 is 0. The van der Waals surface area contributed by atoms with Crippen LogP contribution in [-0.2, 0) is 15.0 Å². The number of carbonyl (C=O) groups is 2. The molecular weight excluding hydrogens is 356 g/mol.